The molecule has 0 saturated carbocycles. The lowest BCUT2D eigenvalue weighted by Crippen LogP contribution is -2.39. The number of amides is 1. The fourth-order valence-electron chi connectivity index (χ4n) is 1.09. The van der Waals surface area contributed by atoms with Gasteiger partial charge in [-0.25, -0.2) is 0 Å². The van der Waals surface area contributed by atoms with Crippen molar-refractivity contribution in [3.8, 4) is 0 Å². The van der Waals surface area contributed by atoms with Gasteiger partial charge >= 0.3 is 0 Å². The van der Waals surface area contributed by atoms with Crippen molar-refractivity contribution in [1.82, 2.24) is 10.5 Å². The van der Waals surface area contributed by atoms with Gasteiger partial charge in [0.15, 0.2) is 0 Å². The first-order valence-electron chi connectivity index (χ1n) is 4.84. The number of carbonyl (C=O) groups is 1. The summed E-state index contributed by atoms with van der Waals surface area (Å²) >= 11 is 3.36. The van der Waals surface area contributed by atoms with Crippen LogP contribution in [-0.4, -0.2) is 22.4 Å². The summed E-state index contributed by atoms with van der Waals surface area (Å²) in [5, 5.41) is 7.27. The molecule has 0 aliphatic heterocycles. The monoisotopic (exact) mass is 274 g/mol. The van der Waals surface area contributed by atoms with Gasteiger partial charge in [-0.15, -0.1) is 0 Å². The average molecular weight is 275 g/mol. The Balaban J connectivity index is 2.62. The Labute approximate surface area is 97.5 Å². The van der Waals surface area contributed by atoms with Crippen molar-refractivity contribution in [2.24, 2.45) is 5.92 Å². The van der Waals surface area contributed by atoms with Gasteiger partial charge in [-0.05, 0) is 12.8 Å². The summed E-state index contributed by atoms with van der Waals surface area (Å²) in [6.07, 6.45) is 0. The second-order valence-corrected chi connectivity index (χ2v) is 4.46. The number of hydrogen-bond donors (Lipinski definition) is 1. The standard InChI is InChI=1S/C10H15BrN2O2/c1-6(2)8(5-11)12-10(14)9-4-7(3)13-15-9/h4,6,8H,5H2,1-3H3,(H,12,14). The lowest BCUT2D eigenvalue weighted by Gasteiger charge is -2.18. The molecule has 0 aliphatic rings. The Kier molecular flexibility index (Phi) is 4.32. The second-order valence-electron chi connectivity index (χ2n) is 3.81. The van der Waals surface area contributed by atoms with E-state index in [1.165, 1.54) is 0 Å². The Morgan fingerprint density at radius 2 is 2.33 bits per heavy atom. The molecule has 0 spiro atoms. The molecule has 84 valence electrons. The van der Waals surface area contributed by atoms with Gasteiger partial charge in [0.1, 0.15) is 0 Å². The Morgan fingerprint density at radius 3 is 2.73 bits per heavy atom. The topological polar surface area (TPSA) is 55.1 Å². The third-order valence-electron chi connectivity index (χ3n) is 2.14. The minimum atomic E-state index is -0.214. The van der Waals surface area contributed by atoms with Crippen molar-refractivity contribution in [2.45, 2.75) is 26.8 Å². The Hall–Kier alpha value is -0.840. The normalized spacial score (nSPS) is 12.9. The number of nitrogens with one attached hydrogen (secondary N) is 1. The Morgan fingerprint density at radius 1 is 1.67 bits per heavy atom. The highest BCUT2D eigenvalue weighted by molar-refractivity contribution is 9.09. The van der Waals surface area contributed by atoms with Gasteiger partial charge in [-0.1, -0.05) is 34.9 Å². The van der Waals surface area contributed by atoms with Crippen LogP contribution < -0.4 is 5.32 Å². The third kappa shape index (κ3) is 3.34. The predicted octanol–water partition coefficient (Wildman–Crippen LogP) is 2.13. The number of carbonyl (C=O) groups excluding carboxylic acids is 1. The first kappa shape index (κ1) is 12.2. The molecule has 0 fully saturated rings. The highest BCUT2D eigenvalue weighted by Gasteiger charge is 2.18. The molecule has 1 aromatic heterocycles. The predicted molar refractivity (Wildman–Crippen MR) is 61.1 cm³/mol. The number of aromatic nitrogens is 1. The van der Waals surface area contributed by atoms with Gasteiger partial charge in [-0.2, -0.15) is 0 Å². The molecule has 1 rings (SSSR count). The highest BCUT2D eigenvalue weighted by atomic mass is 79.9. The molecular weight excluding hydrogens is 260 g/mol. The van der Waals surface area contributed by atoms with E-state index in [4.69, 9.17) is 4.52 Å². The molecule has 1 unspecified atom stereocenters. The molecule has 1 aromatic rings. The van der Waals surface area contributed by atoms with Crippen molar-refractivity contribution < 1.29 is 9.32 Å². The van der Waals surface area contributed by atoms with E-state index in [2.05, 4.69) is 40.3 Å². The SMILES string of the molecule is Cc1cc(C(=O)NC(CBr)C(C)C)on1. The molecule has 1 amide bonds. The van der Waals surface area contributed by atoms with E-state index in [0.29, 0.717) is 11.6 Å². The number of halogens is 1. The van der Waals surface area contributed by atoms with Crippen LogP contribution in [0.1, 0.15) is 30.1 Å². The van der Waals surface area contributed by atoms with Crippen molar-refractivity contribution in [3.63, 3.8) is 0 Å². The number of alkyl halides is 1. The fourth-order valence-corrected chi connectivity index (χ4v) is 2.00. The number of hydrogen-bond acceptors (Lipinski definition) is 3. The van der Waals surface area contributed by atoms with E-state index in [9.17, 15) is 4.79 Å². The van der Waals surface area contributed by atoms with Crippen molar-refractivity contribution in [3.05, 3.63) is 17.5 Å². The number of nitrogens with zero attached hydrogens (tertiary/aromatic N) is 1. The van der Waals surface area contributed by atoms with E-state index >= 15 is 0 Å². The van der Waals surface area contributed by atoms with Crippen LogP contribution >= 0.6 is 15.9 Å². The number of rotatable bonds is 4. The quantitative estimate of drug-likeness (QED) is 0.856. The van der Waals surface area contributed by atoms with Crippen LogP contribution in [0.15, 0.2) is 10.6 Å². The van der Waals surface area contributed by atoms with Crippen molar-refractivity contribution >= 4 is 21.8 Å². The molecule has 15 heavy (non-hydrogen) atoms. The summed E-state index contributed by atoms with van der Waals surface area (Å²) in [4.78, 5) is 11.7. The van der Waals surface area contributed by atoms with Gasteiger partial charge < -0.3 is 9.84 Å². The fraction of sp³-hybridized carbons (Fsp3) is 0.600. The minimum absolute atomic E-state index is 0.0999. The molecular formula is C10H15BrN2O2. The number of aryl methyl sites for hydroxylation is 1. The first-order chi connectivity index (χ1) is 7.04. The molecule has 1 atom stereocenters. The molecule has 4 nitrogen and oxygen atoms in total. The maximum absolute atomic E-state index is 11.7. The van der Waals surface area contributed by atoms with E-state index in [1.807, 2.05) is 0 Å². The van der Waals surface area contributed by atoms with Crippen LogP contribution in [0.2, 0.25) is 0 Å². The second kappa shape index (κ2) is 5.30. The summed E-state index contributed by atoms with van der Waals surface area (Å²) in [6, 6.07) is 1.73. The van der Waals surface area contributed by atoms with E-state index < -0.39 is 0 Å². The molecule has 0 aromatic carbocycles. The van der Waals surface area contributed by atoms with Gasteiger partial charge in [0.25, 0.3) is 5.91 Å². The van der Waals surface area contributed by atoms with Gasteiger partial charge in [-0.3, -0.25) is 4.79 Å². The van der Waals surface area contributed by atoms with Crippen LogP contribution in [0.3, 0.4) is 0 Å². The summed E-state index contributed by atoms with van der Waals surface area (Å²) in [5.41, 5.74) is 0.708. The van der Waals surface area contributed by atoms with Gasteiger partial charge in [0.2, 0.25) is 5.76 Å². The van der Waals surface area contributed by atoms with Crippen LogP contribution in [-0.2, 0) is 0 Å². The lowest BCUT2D eigenvalue weighted by molar-refractivity contribution is 0.0894. The summed E-state index contributed by atoms with van der Waals surface area (Å²) < 4.78 is 4.87. The molecule has 1 heterocycles. The maximum Gasteiger partial charge on any atom is 0.290 e. The smallest absolute Gasteiger partial charge is 0.290 e. The Bertz CT molecular complexity index is 336. The molecule has 1 N–H and O–H groups in total. The molecule has 0 saturated heterocycles. The maximum atomic E-state index is 11.7. The molecule has 0 radical (unpaired) electrons. The summed E-state index contributed by atoms with van der Waals surface area (Å²) in [5.74, 6) is 0.421. The molecule has 0 aliphatic carbocycles. The van der Waals surface area contributed by atoms with Crippen molar-refractivity contribution in [1.29, 1.82) is 0 Å². The van der Waals surface area contributed by atoms with Crippen LogP contribution in [0.5, 0.6) is 0 Å². The van der Waals surface area contributed by atoms with Crippen LogP contribution in [0, 0.1) is 12.8 Å². The third-order valence-corrected chi connectivity index (χ3v) is 2.84. The zero-order valence-electron chi connectivity index (χ0n) is 9.08. The summed E-state index contributed by atoms with van der Waals surface area (Å²) in [7, 11) is 0. The largest absolute Gasteiger partial charge is 0.351 e. The average Bonchev–Trinajstić information content (AvgIpc) is 2.60. The van der Waals surface area contributed by atoms with E-state index in [1.54, 1.807) is 13.0 Å². The molecule has 5 heteroatoms. The summed E-state index contributed by atoms with van der Waals surface area (Å²) in [6.45, 7) is 5.89. The van der Waals surface area contributed by atoms with E-state index in [0.717, 1.165) is 5.33 Å². The van der Waals surface area contributed by atoms with Crippen molar-refractivity contribution in [2.75, 3.05) is 5.33 Å². The van der Waals surface area contributed by atoms with Crippen LogP contribution in [0.25, 0.3) is 0 Å². The zero-order chi connectivity index (χ0) is 11.4. The molecule has 0 bridgehead atoms. The highest BCUT2D eigenvalue weighted by Crippen LogP contribution is 2.07. The van der Waals surface area contributed by atoms with Gasteiger partial charge in [0.05, 0.1) is 5.69 Å². The van der Waals surface area contributed by atoms with E-state index in [-0.39, 0.29) is 17.7 Å². The van der Waals surface area contributed by atoms with Crippen LogP contribution in [0.4, 0.5) is 0 Å². The van der Waals surface area contributed by atoms with Gasteiger partial charge in [0, 0.05) is 17.4 Å². The first-order valence-corrected chi connectivity index (χ1v) is 5.97. The zero-order valence-corrected chi connectivity index (χ0v) is 10.7. The minimum Gasteiger partial charge on any atom is -0.351 e. The lowest BCUT2D eigenvalue weighted by atomic mass is 10.1.